The Bertz CT molecular complexity index is 637. The van der Waals surface area contributed by atoms with E-state index in [9.17, 15) is 4.79 Å². The van der Waals surface area contributed by atoms with Crippen LogP contribution in [0.4, 0.5) is 21.9 Å². The van der Waals surface area contributed by atoms with Crippen LogP contribution in [0.5, 0.6) is 0 Å². The molecule has 26 heavy (non-hydrogen) atoms. The van der Waals surface area contributed by atoms with Gasteiger partial charge in [-0.2, -0.15) is 0 Å². The lowest BCUT2D eigenvalue weighted by Crippen LogP contribution is -2.43. The summed E-state index contributed by atoms with van der Waals surface area (Å²) >= 11 is 6.43. The molecule has 0 unspecified atom stereocenters. The summed E-state index contributed by atoms with van der Waals surface area (Å²) in [6.45, 7) is 10.5. The Hall–Kier alpha value is -1.66. The SMILES string of the molecule is CCN(C)C1CCN(c2cc(NC(=O)OC(C)(C)C)c(N)cc2Cl)CC1. The van der Waals surface area contributed by atoms with Gasteiger partial charge in [0.2, 0.25) is 0 Å². The highest BCUT2D eigenvalue weighted by Crippen LogP contribution is 2.35. The monoisotopic (exact) mass is 382 g/mol. The molecule has 1 fully saturated rings. The summed E-state index contributed by atoms with van der Waals surface area (Å²) in [6, 6.07) is 4.13. The molecule has 1 aromatic rings. The van der Waals surface area contributed by atoms with Gasteiger partial charge in [-0.15, -0.1) is 0 Å². The van der Waals surface area contributed by atoms with Crippen LogP contribution < -0.4 is 16.0 Å². The largest absolute Gasteiger partial charge is 0.444 e. The lowest BCUT2D eigenvalue weighted by molar-refractivity contribution is 0.0636. The first-order chi connectivity index (χ1) is 12.1. The van der Waals surface area contributed by atoms with Gasteiger partial charge in [-0.25, -0.2) is 4.79 Å². The molecule has 6 nitrogen and oxygen atoms in total. The molecule has 3 N–H and O–H groups in total. The first-order valence-electron chi connectivity index (χ1n) is 9.15. The number of piperidine rings is 1. The number of halogens is 1. The van der Waals surface area contributed by atoms with E-state index in [1.54, 1.807) is 6.07 Å². The standard InChI is InChI=1S/C19H31ClN4O2/c1-6-23(5)13-7-9-24(10-8-13)17-12-16(15(21)11-14(17)20)22-18(25)26-19(2,3)4/h11-13H,6-10,21H2,1-5H3,(H,22,25). The van der Waals surface area contributed by atoms with Gasteiger partial charge in [-0.3, -0.25) is 5.32 Å². The lowest BCUT2D eigenvalue weighted by Gasteiger charge is -2.38. The number of carbonyl (C=O) groups excluding carboxylic acids is 1. The van der Waals surface area contributed by atoms with Crippen LogP contribution in [-0.4, -0.2) is 49.3 Å². The van der Waals surface area contributed by atoms with Crippen molar-refractivity contribution >= 4 is 34.8 Å². The van der Waals surface area contributed by atoms with Crippen LogP contribution in [0.25, 0.3) is 0 Å². The maximum Gasteiger partial charge on any atom is 0.412 e. The van der Waals surface area contributed by atoms with Crippen molar-refractivity contribution in [1.82, 2.24) is 4.90 Å². The van der Waals surface area contributed by atoms with Crippen LogP contribution in [0.15, 0.2) is 12.1 Å². The summed E-state index contributed by atoms with van der Waals surface area (Å²) in [7, 11) is 2.17. The summed E-state index contributed by atoms with van der Waals surface area (Å²) < 4.78 is 5.31. The minimum atomic E-state index is -0.568. The van der Waals surface area contributed by atoms with E-state index in [1.165, 1.54) is 0 Å². The van der Waals surface area contributed by atoms with Crippen LogP contribution in [0.2, 0.25) is 5.02 Å². The van der Waals surface area contributed by atoms with Crippen molar-refractivity contribution in [2.45, 2.75) is 52.2 Å². The van der Waals surface area contributed by atoms with E-state index in [0.29, 0.717) is 22.4 Å². The van der Waals surface area contributed by atoms with Crippen LogP contribution in [-0.2, 0) is 4.74 Å². The number of nitrogen functional groups attached to an aromatic ring is 1. The highest BCUT2D eigenvalue weighted by Gasteiger charge is 2.24. The average Bonchev–Trinajstić information content (AvgIpc) is 2.55. The quantitative estimate of drug-likeness (QED) is 0.764. The van der Waals surface area contributed by atoms with E-state index in [1.807, 2.05) is 26.8 Å². The Balaban J connectivity index is 2.12. The Morgan fingerprint density at radius 3 is 2.54 bits per heavy atom. The number of ether oxygens (including phenoxy) is 1. The van der Waals surface area contributed by atoms with Gasteiger partial charge in [-0.1, -0.05) is 18.5 Å². The second-order valence-electron chi connectivity index (χ2n) is 7.81. The predicted molar refractivity (Wildman–Crippen MR) is 109 cm³/mol. The van der Waals surface area contributed by atoms with Gasteiger partial charge in [0.15, 0.2) is 0 Å². The van der Waals surface area contributed by atoms with Crippen LogP contribution in [0, 0.1) is 0 Å². The number of hydrogen-bond acceptors (Lipinski definition) is 5. The molecule has 0 radical (unpaired) electrons. The first-order valence-corrected chi connectivity index (χ1v) is 9.52. The number of nitrogens with one attached hydrogen (secondary N) is 1. The number of amides is 1. The number of anilines is 3. The molecule has 7 heteroatoms. The molecule has 2 rings (SSSR count). The van der Waals surface area contributed by atoms with E-state index >= 15 is 0 Å². The molecule has 0 spiro atoms. The van der Waals surface area contributed by atoms with Crippen molar-refractivity contribution < 1.29 is 9.53 Å². The summed E-state index contributed by atoms with van der Waals surface area (Å²) in [5.74, 6) is 0. The fourth-order valence-corrected chi connectivity index (χ4v) is 3.44. The number of rotatable bonds is 4. The minimum Gasteiger partial charge on any atom is -0.444 e. The molecule has 1 aromatic carbocycles. The third kappa shape index (κ3) is 5.42. The van der Waals surface area contributed by atoms with Crippen molar-refractivity contribution in [2.75, 3.05) is 42.6 Å². The molecule has 1 heterocycles. The maximum absolute atomic E-state index is 12.1. The lowest BCUT2D eigenvalue weighted by atomic mass is 10.0. The van der Waals surface area contributed by atoms with Gasteiger partial charge in [0.05, 0.1) is 22.1 Å². The molecule has 1 amide bonds. The highest BCUT2D eigenvalue weighted by atomic mass is 35.5. The molecule has 146 valence electrons. The topological polar surface area (TPSA) is 70.8 Å². The second-order valence-corrected chi connectivity index (χ2v) is 8.22. The summed E-state index contributed by atoms with van der Waals surface area (Å²) in [5.41, 5.74) is 7.30. The predicted octanol–water partition coefficient (Wildman–Crippen LogP) is 4.19. The second kappa shape index (κ2) is 8.35. The Morgan fingerprint density at radius 1 is 1.38 bits per heavy atom. The van der Waals surface area contributed by atoms with Crippen LogP contribution in [0.3, 0.4) is 0 Å². The minimum absolute atomic E-state index is 0.421. The van der Waals surface area contributed by atoms with Gasteiger partial charge in [0.1, 0.15) is 5.60 Å². The van der Waals surface area contributed by atoms with Crippen molar-refractivity contribution in [3.8, 4) is 0 Å². The zero-order valence-electron chi connectivity index (χ0n) is 16.4. The fraction of sp³-hybridized carbons (Fsp3) is 0.632. The van der Waals surface area contributed by atoms with E-state index in [-0.39, 0.29) is 0 Å². The first kappa shape index (κ1) is 20.6. The molecular weight excluding hydrogens is 352 g/mol. The van der Waals surface area contributed by atoms with E-state index in [2.05, 4.69) is 29.1 Å². The third-order valence-electron chi connectivity index (χ3n) is 4.68. The molecule has 0 saturated carbocycles. The smallest absolute Gasteiger partial charge is 0.412 e. The van der Waals surface area contributed by atoms with Crippen molar-refractivity contribution in [2.24, 2.45) is 0 Å². The molecule has 1 saturated heterocycles. The zero-order chi connectivity index (χ0) is 19.5. The molecule has 1 aliphatic rings. The number of nitrogens with zero attached hydrogens (tertiary/aromatic N) is 2. The van der Waals surface area contributed by atoms with E-state index in [0.717, 1.165) is 38.2 Å². The van der Waals surface area contributed by atoms with E-state index in [4.69, 9.17) is 22.1 Å². The Labute approximate surface area is 161 Å². The van der Waals surface area contributed by atoms with Crippen LogP contribution >= 0.6 is 11.6 Å². The summed E-state index contributed by atoms with van der Waals surface area (Å²) in [4.78, 5) is 16.7. The Morgan fingerprint density at radius 2 is 2.00 bits per heavy atom. The summed E-state index contributed by atoms with van der Waals surface area (Å²) in [5, 5.41) is 3.33. The van der Waals surface area contributed by atoms with Gasteiger partial charge in [0.25, 0.3) is 0 Å². The van der Waals surface area contributed by atoms with Crippen LogP contribution in [0.1, 0.15) is 40.5 Å². The normalized spacial score (nSPS) is 16.0. The molecular formula is C19H31ClN4O2. The molecule has 1 aliphatic heterocycles. The van der Waals surface area contributed by atoms with Crippen molar-refractivity contribution in [3.05, 3.63) is 17.2 Å². The van der Waals surface area contributed by atoms with Crippen molar-refractivity contribution in [1.29, 1.82) is 0 Å². The number of carbonyl (C=O) groups is 1. The van der Waals surface area contributed by atoms with Crippen molar-refractivity contribution in [3.63, 3.8) is 0 Å². The highest BCUT2D eigenvalue weighted by molar-refractivity contribution is 6.33. The van der Waals surface area contributed by atoms with Gasteiger partial charge in [0, 0.05) is 19.1 Å². The van der Waals surface area contributed by atoms with Gasteiger partial charge >= 0.3 is 6.09 Å². The number of hydrogen-bond donors (Lipinski definition) is 2. The fourth-order valence-electron chi connectivity index (χ4n) is 3.15. The molecule has 0 atom stereocenters. The number of nitrogens with two attached hydrogens (primary N) is 1. The average molecular weight is 383 g/mol. The van der Waals surface area contributed by atoms with Gasteiger partial charge < -0.3 is 20.3 Å². The zero-order valence-corrected chi connectivity index (χ0v) is 17.2. The third-order valence-corrected chi connectivity index (χ3v) is 4.98. The number of benzene rings is 1. The summed E-state index contributed by atoms with van der Waals surface area (Å²) in [6.07, 6.45) is 1.64. The molecule has 0 aromatic heterocycles. The molecule has 0 bridgehead atoms. The Kier molecular flexibility index (Phi) is 6.64. The van der Waals surface area contributed by atoms with Gasteiger partial charge in [-0.05, 0) is 59.3 Å². The molecule has 0 aliphatic carbocycles. The van der Waals surface area contributed by atoms with E-state index < -0.39 is 11.7 Å². The maximum atomic E-state index is 12.1.